The van der Waals surface area contributed by atoms with Gasteiger partial charge in [0.15, 0.2) is 0 Å². The molecule has 1 aromatic carbocycles. The average Bonchev–Trinajstić information content (AvgIpc) is 2.55. The van der Waals surface area contributed by atoms with Crippen molar-refractivity contribution in [1.29, 1.82) is 0 Å². The molecule has 1 aliphatic rings. The van der Waals surface area contributed by atoms with Crippen molar-refractivity contribution in [3.63, 3.8) is 0 Å². The van der Waals surface area contributed by atoms with E-state index >= 15 is 0 Å². The molecule has 1 aromatic heterocycles. The number of carbonyl (C=O) groups is 2. The number of aromatic amines is 1. The molecule has 0 fully saturated rings. The van der Waals surface area contributed by atoms with Crippen molar-refractivity contribution in [2.45, 2.75) is 33.2 Å². The van der Waals surface area contributed by atoms with Gasteiger partial charge in [-0.25, -0.2) is 5.43 Å². The first kappa shape index (κ1) is 15.9. The highest BCUT2D eigenvalue weighted by atomic mass is 16.2. The second-order valence-electron chi connectivity index (χ2n) is 5.92. The Labute approximate surface area is 138 Å². The third-order valence-electron chi connectivity index (χ3n) is 4.14. The molecular formula is C17H18N4O3. The topological polar surface area (TPSA) is 103 Å². The molecule has 3 N–H and O–H groups in total. The highest BCUT2D eigenvalue weighted by Gasteiger charge is 2.18. The minimum atomic E-state index is -0.380. The molecule has 3 rings (SSSR count). The summed E-state index contributed by atoms with van der Waals surface area (Å²) in [6.07, 6.45) is 0.533. The zero-order chi connectivity index (χ0) is 17.3. The molecule has 2 aromatic rings. The van der Waals surface area contributed by atoms with Gasteiger partial charge in [0, 0.05) is 30.5 Å². The van der Waals surface area contributed by atoms with Gasteiger partial charge in [0.25, 0.3) is 11.5 Å². The number of rotatable bonds is 3. The number of H-pyrrole nitrogens is 1. The third kappa shape index (κ3) is 3.19. The minimum absolute atomic E-state index is 0.101. The summed E-state index contributed by atoms with van der Waals surface area (Å²) >= 11 is 0. The Morgan fingerprint density at radius 2 is 1.92 bits per heavy atom. The molecule has 0 unspecified atom stereocenters. The summed E-state index contributed by atoms with van der Waals surface area (Å²) in [5, 5.41) is 7.33. The first-order chi connectivity index (χ1) is 11.4. The van der Waals surface area contributed by atoms with E-state index < -0.39 is 0 Å². The van der Waals surface area contributed by atoms with Gasteiger partial charge in [0.05, 0.1) is 0 Å². The zero-order valence-corrected chi connectivity index (χ0v) is 13.5. The largest absolute Gasteiger partial charge is 0.347 e. The lowest BCUT2D eigenvalue weighted by Crippen LogP contribution is -2.37. The maximum Gasteiger partial charge on any atom is 0.267 e. The van der Waals surface area contributed by atoms with Crippen molar-refractivity contribution >= 4 is 28.4 Å². The molecule has 2 amide bonds. The molecule has 0 aliphatic carbocycles. The lowest BCUT2D eigenvalue weighted by molar-refractivity contribution is -0.121. The van der Waals surface area contributed by atoms with E-state index in [-0.39, 0.29) is 36.1 Å². The molecule has 2 heterocycles. The first-order valence-corrected chi connectivity index (χ1v) is 7.71. The van der Waals surface area contributed by atoms with Crippen LogP contribution in [0.5, 0.6) is 0 Å². The molecule has 0 saturated heterocycles. The number of pyridine rings is 1. The molecule has 0 spiro atoms. The van der Waals surface area contributed by atoms with E-state index in [1.165, 1.54) is 0 Å². The number of amides is 2. The maximum absolute atomic E-state index is 12.2. The van der Waals surface area contributed by atoms with Crippen molar-refractivity contribution in [1.82, 2.24) is 15.7 Å². The molecule has 124 valence electrons. The van der Waals surface area contributed by atoms with Crippen LogP contribution in [0.4, 0.5) is 0 Å². The average molecular weight is 326 g/mol. The highest BCUT2D eigenvalue weighted by Crippen LogP contribution is 2.17. The molecular weight excluding hydrogens is 308 g/mol. The van der Waals surface area contributed by atoms with Crippen LogP contribution in [-0.4, -0.2) is 22.5 Å². The zero-order valence-electron chi connectivity index (χ0n) is 13.5. The first-order valence-electron chi connectivity index (χ1n) is 7.71. The van der Waals surface area contributed by atoms with Crippen LogP contribution in [0, 0.1) is 13.8 Å². The lowest BCUT2D eigenvalue weighted by Gasteiger charge is -2.12. The molecule has 0 saturated carbocycles. The number of aryl methyl sites for hydroxylation is 2. The fourth-order valence-corrected chi connectivity index (χ4v) is 2.57. The molecule has 0 atom stereocenters. The molecule has 0 bridgehead atoms. The van der Waals surface area contributed by atoms with Crippen molar-refractivity contribution < 1.29 is 9.59 Å². The second-order valence-corrected chi connectivity index (χ2v) is 5.92. The SMILES string of the molecule is Cc1cc2cc(CNC(=O)C3=NNC(=O)CC3)c(=O)[nH]c2cc1C. The van der Waals surface area contributed by atoms with Crippen LogP contribution < -0.4 is 16.3 Å². The van der Waals surface area contributed by atoms with Crippen molar-refractivity contribution in [2.24, 2.45) is 5.10 Å². The van der Waals surface area contributed by atoms with Gasteiger partial charge in [0.1, 0.15) is 5.71 Å². The molecule has 24 heavy (non-hydrogen) atoms. The van der Waals surface area contributed by atoms with Gasteiger partial charge in [-0.05, 0) is 48.6 Å². The van der Waals surface area contributed by atoms with Crippen LogP contribution in [0.25, 0.3) is 10.9 Å². The summed E-state index contributed by atoms with van der Waals surface area (Å²) < 4.78 is 0. The lowest BCUT2D eigenvalue weighted by atomic mass is 10.0. The van der Waals surface area contributed by atoms with E-state index in [0.29, 0.717) is 12.0 Å². The van der Waals surface area contributed by atoms with E-state index in [1.807, 2.05) is 26.0 Å². The molecule has 1 aliphatic heterocycles. The summed E-state index contributed by atoms with van der Waals surface area (Å²) in [6, 6.07) is 5.73. The van der Waals surface area contributed by atoms with Crippen LogP contribution in [0.2, 0.25) is 0 Å². The summed E-state index contributed by atoms with van der Waals surface area (Å²) in [6.45, 7) is 4.10. The van der Waals surface area contributed by atoms with Crippen molar-refractivity contribution in [2.75, 3.05) is 0 Å². The number of hydrogen-bond acceptors (Lipinski definition) is 4. The van der Waals surface area contributed by atoms with Crippen molar-refractivity contribution in [3.8, 4) is 0 Å². The molecule has 0 radical (unpaired) electrons. The van der Waals surface area contributed by atoms with E-state index in [0.717, 1.165) is 22.0 Å². The minimum Gasteiger partial charge on any atom is -0.347 e. The summed E-state index contributed by atoms with van der Waals surface area (Å²) in [5.74, 6) is -0.585. The summed E-state index contributed by atoms with van der Waals surface area (Å²) in [5.41, 5.74) is 5.80. The van der Waals surface area contributed by atoms with Crippen molar-refractivity contribution in [3.05, 3.63) is 45.2 Å². The maximum atomic E-state index is 12.2. The normalized spacial score (nSPS) is 14.2. The Morgan fingerprint density at radius 3 is 2.62 bits per heavy atom. The highest BCUT2D eigenvalue weighted by molar-refractivity contribution is 6.39. The Morgan fingerprint density at radius 1 is 1.17 bits per heavy atom. The Balaban J connectivity index is 1.79. The quantitative estimate of drug-likeness (QED) is 0.784. The number of nitrogens with zero attached hydrogens (tertiary/aromatic N) is 1. The number of fused-ring (bicyclic) bond motifs is 1. The fourth-order valence-electron chi connectivity index (χ4n) is 2.57. The van der Waals surface area contributed by atoms with Crippen LogP contribution in [0.1, 0.15) is 29.5 Å². The van der Waals surface area contributed by atoms with E-state index in [4.69, 9.17) is 0 Å². The van der Waals surface area contributed by atoms with E-state index in [1.54, 1.807) is 6.07 Å². The molecule has 7 nitrogen and oxygen atoms in total. The number of aromatic nitrogens is 1. The smallest absolute Gasteiger partial charge is 0.267 e. The Kier molecular flexibility index (Phi) is 4.16. The number of hydrazone groups is 1. The van der Waals surface area contributed by atoms with Crippen LogP contribution in [0.3, 0.4) is 0 Å². The van der Waals surface area contributed by atoms with Gasteiger partial charge in [-0.1, -0.05) is 0 Å². The van der Waals surface area contributed by atoms with Crippen LogP contribution in [0.15, 0.2) is 28.1 Å². The van der Waals surface area contributed by atoms with E-state index in [9.17, 15) is 14.4 Å². The fraction of sp³-hybridized carbons (Fsp3) is 0.294. The second kappa shape index (κ2) is 6.27. The standard InChI is InChI=1S/C17H18N4O3/c1-9-5-11-7-12(16(23)19-14(11)6-10(9)2)8-18-17(24)13-3-4-15(22)21-20-13/h5-7H,3-4,8H2,1-2H3,(H,18,24)(H,19,23)(H,21,22). The van der Waals surface area contributed by atoms with Gasteiger partial charge in [-0.3, -0.25) is 14.4 Å². The third-order valence-corrected chi connectivity index (χ3v) is 4.14. The predicted molar refractivity (Wildman–Crippen MR) is 90.7 cm³/mol. The van der Waals surface area contributed by atoms with Crippen LogP contribution in [-0.2, 0) is 16.1 Å². The Hall–Kier alpha value is -2.96. The van der Waals surface area contributed by atoms with Gasteiger partial charge in [-0.2, -0.15) is 5.10 Å². The Bertz CT molecular complexity index is 927. The number of benzene rings is 1. The monoisotopic (exact) mass is 326 g/mol. The van der Waals surface area contributed by atoms with Gasteiger partial charge in [0.2, 0.25) is 5.91 Å². The van der Waals surface area contributed by atoms with Gasteiger partial charge in [-0.15, -0.1) is 0 Å². The predicted octanol–water partition coefficient (Wildman–Crippen LogP) is 1.03. The number of nitrogens with one attached hydrogen (secondary N) is 3. The number of hydrogen-bond donors (Lipinski definition) is 3. The summed E-state index contributed by atoms with van der Waals surface area (Å²) in [4.78, 5) is 38.1. The number of carbonyl (C=O) groups excluding carboxylic acids is 2. The summed E-state index contributed by atoms with van der Waals surface area (Å²) in [7, 11) is 0. The van der Waals surface area contributed by atoms with Gasteiger partial charge >= 0.3 is 0 Å². The van der Waals surface area contributed by atoms with E-state index in [2.05, 4.69) is 20.8 Å². The van der Waals surface area contributed by atoms with Gasteiger partial charge < -0.3 is 10.3 Å². The molecule has 7 heteroatoms. The van der Waals surface area contributed by atoms with Crippen LogP contribution >= 0.6 is 0 Å².